The van der Waals surface area contributed by atoms with E-state index >= 15 is 0 Å². The molecule has 108 valence electrons. The molecule has 21 heavy (non-hydrogen) atoms. The van der Waals surface area contributed by atoms with Gasteiger partial charge < -0.3 is 5.32 Å². The molecule has 0 fully saturated rings. The van der Waals surface area contributed by atoms with Crippen molar-refractivity contribution in [1.29, 1.82) is 0 Å². The quantitative estimate of drug-likeness (QED) is 0.736. The fourth-order valence-corrected chi connectivity index (χ4v) is 3.99. The molecule has 1 aromatic carbocycles. The van der Waals surface area contributed by atoms with Gasteiger partial charge in [0.15, 0.2) is 0 Å². The normalized spacial score (nSPS) is 12.7. The molecular formula is C17H17ClN2S. The first-order valence-corrected chi connectivity index (χ1v) is 8.27. The largest absolute Gasteiger partial charge is 0.306 e. The molecule has 4 heteroatoms. The maximum atomic E-state index is 6.50. The Balaban J connectivity index is 2.18. The lowest BCUT2D eigenvalue weighted by atomic mass is 9.98. The minimum Gasteiger partial charge on any atom is -0.306 e. The van der Waals surface area contributed by atoms with Crippen molar-refractivity contribution in [1.82, 2.24) is 10.3 Å². The number of halogens is 1. The maximum Gasteiger partial charge on any atom is 0.0692 e. The lowest BCUT2D eigenvalue weighted by Gasteiger charge is -2.19. The molecule has 1 unspecified atom stereocenters. The Kier molecular flexibility index (Phi) is 4.24. The third kappa shape index (κ3) is 2.69. The van der Waals surface area contributed by atoms with Crippen LogP contribution in [0.25, 0.3) is 10.8 Å². The summed E-state index contributed by atoms with van der Waals surface area (Å²) in [6.07, 6.45) is 3.75. The van der Waals surface area contributed by atoms with E-state index in [2.05, 4.69) is 53.8 Å². The van der Waals surface area contributed by atoms with Gasteiger partial charge in [-0.3, -0.25) is 4.98 Å². The van der Waals surface area contributed by atoms with Crippen molar-refractivity contribution in [3.63, 3.8) is 0 Å². The molecule has 0 saturated carbocycles. The van der Waals surface area contributed by atoms with Gasteiger partial charge in [-0.05, 0) is 41.4 Å². The van der Waals surface area contributed by atoms with Crippen LogP contribution in [0.5, 0.6) is 0 Å². The van der Waals surface area contributed by atoms with E-state index in [-0.39, 0.29) is 6.04 Å². The lowest BCUT2D eigenvalue weighted by molar-refractivity contribution is 0.643. The number of rotatable bonds is 4. The Hall–Kier alpha value is -1.42. The zero-order valence-electron chi connectivity index (χ0n) is 12.1. The van der Waals surface area contributed by atoms with Crippen LogP contribution in [0.4, 0.5) is 0 Å². The molecule has 0 aliphatic carbocycles. The predicted octanol–water partition coefficient (Wildman–Crippen LogP) is 4.96. The summed E-state index contributed by atoms with van der Waals surface area (Å²) < 4.78 is 0. The van der Waals surface area contributed by atoms with Crippen LogP contribution in [0.2, 0.25) is 5.02 Å². The number of thiophene rings is 1. The highest BCUT2D eigenvalue weighted by atomic mass is 35.5. The molecule has 2 heterocycles. The molecule has 0 bridgehead atoms. The van der Waals surface area contributed by atoms with Crippen LogP contribution >= 0.6 is 22.9 Å². The van der Waals surface area contributed by atoms with Gasteiger partial charge in [-0.2, -0.15) is 0 Å². The average molecular weight is 317 g/mol. The average Bonchev–Trinajstić information content (AvgIpc) is 2.84. The molecule has 2 aromatic heterocycles. The van der Waals surface area contributed by atoms with E-state index in [4.69, 9.17) is 11.6 Å². The smallest absolute Gasteiger partial charge is 0.0692 e. The lowest BCUT2D eigenvalue weighted by Crippen LogP contribution is -2.21. The highest BCUT2D eigenvalue weighted by Crippen LogP contribution is 2.37. The third-order valence-electron chi connectivity index (χ3n) is 3.62. The minimum atomic E-state index is 0.118. The molecule has 0 amide bonds. The van der Waals surface area contributed by atoms with Gasteiger partial charge in [-0.25, -0.2) is 0 Å². The first-order valence-electron chi connectivity index (χ1n) is 7.02. The second kappa shape index (κ2) is 6.14. The van der Waals surface area contributed by atoms with E-state index < -0.39 is 0 Å². The van der Waals surface area contributed by atoms with Gasteiger partial charge in [0.25, 0.3) is 0 Å². The molecule has 3 rings (SSSR count). The summed E-state index contributed by atoms with van der Waals surface area (Å²) >= 11 is 8.22. The molecule has 0 saturated heterocycles. The summed E-state index contributed by atoms with van der Waals surface area (Å²) in [7, 11) is 0. The van der Waals surface area contributed by atoms with Crippen molar-refractivity contribution in [3.05, 3.63) is 63.1 Å². The Bertz CT molecular complexity index is 761. The number of nitrogens with zero attached hydrogens (tertiary/aromatic N) is 1. The van der Waals surface area contributed by atoms with Gasteiger partial charge in [-0.15, -0.1) is 11.3 Å². The molecule has 0 spiro atoms. The van der Waals surface area contributed by atoms with Crippen molar-refractivity contribution in [2.75, 3.05) is 6.54 Å². The molecule has 2 nitrogen and oxygen atoms in total. The summed E-state index contributed by atoms with van der Waals surface area (Å²) in [6, 6.07) is 8.53. The SMILES string of the molecule is CCNC(c1scc(C)c1Cl)c1cccc2cnccc12. The standard InChI is InChI=1S/C17H17ClN2S/c1-3-20-16(17-15(18)11(2)10-21-17)14-6-4-5-12-9-19-8-7-13(12)14/h4-10,16,20H,3H2,1-2H3. The molecule has 1 atom stereocenters. The molecule has 0 radical (unpaired) electrons. The van der Waals surface area contributed by atoms with E-state index in [1.165, 1.54) is 15.8 Å². The monoisotopic (exact) mass is 316 g/mol. The van der Waals surface area contributed by atoms with Crippen LogP contribution in [0.15, 0.2) is 42.0 Å². The zero-order valence-corrected chi connectivity index (χ0v) is 13.6. The van der Waals surface area contributed by atoms with Gasteiger partial charge in [-0.1, -0.05) is 36.7 Å². The van der Waals surface area contributed by atoms with Crippen molar-refractivity contribution < 1.29 is 0 Å². The molecule has 3 aromatic rings. The number of nitrogens with one attached hydrogen (secondary N) is 1. The summed E-state index contributed by atoms with van der Waals surface area (Å²) in [6.45, 7) is 5.06. The number of hydrogen-bond donors (Lipinski definition) is 1. The van der Waals surface area contributed by atoms with E-state index in [1.807, 2.05) is 12.4 Å². The summed E-state index contributed by atoms with van der Waals surface area (Å²) in [4.78, 5) is 5.39. The van der Waals surface area contributed by atoms with Crippen LogP contribution in [0.3, 0.4) is 0 Å². The van der Waals surface area contributed by atoms with Crippen molar-refractivity contribution >= 4 is 33.7 Å². The topological polar surface area (TPSA) is 24.9 Å². The minimum absolute atomic E-state index is 0.118. The first kappa shape index (κ1) is 14.5. The Morgan fingerprint density at radius 2 is 2.19 bits per heavy atom. The molecular weight excluding hydrogens is 300 g/mol. The second-order valence-corrected chi connectivity index (χ2v) is 6.32. The van der Waals surface area contributed by atoms with E-state index in [9.17, 15) is 0 Å². The number of hydrogen-bond acceptors (Lipinski definition) is 3. The van der Waals surface area contributed by atoms with Gasteiger partial charge in [0.2, 0.25) is 0 Å². The van der Waals surface area contributed by atoms with Crippen LogP contribution in [0, 0.1) is 6.92 Å². The zero-order chi connectivity index (χ0) is 14.8. The predicted molar refractivity (Wildman–Crippen MR) is 91.3 cm³/mol. The van der Waals surface area contributed by atoms with Gasteiger partial charge >= 0.3 is 0 Å². The molecule has 0 aliphatic rings. The van der Waals surface area contributed by atoms with Crippen LogP contribution < -0.4 is 5.32 Å². The van der Waals surface area contributed by atoms with Crippen LogP contribution in [-0.2, 0) is 0 Å². The number of pyridine rings is 1. The summed E-state index contributed by atoms with van der Waals surface area (Å²) in [5, 5.41) is 8.94. The van der Waals surface area contributed by atoms with E-state index in [0.717, 1.165) is 22.5 Å². The first-order chi connectivity index (χ1) is 10.2. The third-order valence-corrected chi connectivity index (χ3v) is 5.40. The van der Waals surface area contributed by atoms with E-state index in [1.54, 1.807) is 11.3 Å². The fraction of sp³-hybridized carbons (Fsp3) is 0.235. The molecule has 0 aliphatic heterocycles. The Morgan fingerprint density at radius 1 is 1.33 bits per heavy atom. The van der Waals surface area contributed by atoms with Crippen LogP contribution in [-0.4, -0.2) is 11.5 Å². The summed E-state index contributed by atoms with van der Waals surface area (Å²) in [5.74, 6) is 0. The number of benzene rings is 1. The highest BCUT2D eigenvalue weighted by molar-refractivity contribution is 7.10. The molecule has 1 N–H and O–H groups in total. The van der Waals surface area contributed by atoms with Gasteiger partial charge in [0.1, 0.15) is 0 Å². The Morgan fingerprint density at radius 3 is 2.90 bits per heavy atom. The number of fused-ring (bicyclic) bond motifs is 1. The van der Waals surface area contributed by atoms with Crippen molar-refractivity contribution in [2.45, 2.75) is 19.9 Å². The Labute approximate surface area is 133 Å². The fourth-order valence-electron chi connectivity index (χ4n) is 2.59. The van der Waals surface area contributed by atoms with E-state index in [0.29, 0.717) is 0 Å². The van der Waals surface area contributed by atoms with Crippen molar-refractivity contribution in [3.8, 4) is 0 Å². The maximum absolute atomic E-state index is 6.50. The number of aryl methyl sites for hydroxylation is 1. The number of aromatic nitrogens is 1. The van der Waals surface area contributed by atoms with Gasteiger partial charge in [0.05, 0.1) is 11.1 Å². The van der Waals surface area contributed by atoms with Crippen molar-refractivity contribution in [2.24, 2.45) is 0 Å². The highest BCUT2D eigenvalue weighted by Gasteiger charge is 2.20. The van der Waals surface area contributed by atoms with Crippen LogP contribution in [0.1, 0.15) is 29.0 Å². The second-order valence-electron chi connectivity index (χ2n) is 5.03. The van der Waals surface area contributed by atoms with Gasteiger partial charge in [0, 0.05) is 22.7 Å². The summed E-state index contributed by atoms with van der Waals surface area (Å²) in [5.41, 5.74) is 2.39.